The Balaban J connectivity index is 2.13. The Kier molecular flexibility index (Phi) is 4.19. The lowest BCUT2D eigenvalue weighted by Gasteiger charge is -2.09. The Morgan fingerprint density at radius 2 is 2.25 bits per heavy atom. The van der Waals surface area contributed by atoms with Crippen molar-refractivity contribution in [3.63, 3.8) is 0 Å². The normalized spacial score (nSPS) is 10.8. The number of benzene rings is 1. The van der Waals surface area contributed by atoms with E-state index in [0.717, 1.165) is 6.20 Å². The molecule has 1 aromatic heterocycles. The minimum Gasteiger partial charge on any atom is -0.486 e. The Hall–Kier alpha value is -2.15. The van der Waals surface area contributed by atoms with Gasteiger partial charge in [-0.3, -0.25) is 4.57 Å². The van der Waals surface area contributed by atoms with Gasteiger partial charge in [-0.25, -0.2) is 9.78 Å². The number of aromatic carboxylic acids is 1. The Bertz CT molecular complexity index is 631. The number of hydrogen-bond acceptors (Lipinski definition) is 3. The maximum absolute atomic E-state index is 12.6. The van der Waals surface area contributed by atoms with Crippen molar-refractivity contribution in [1.29, 1.82) is 0 Å². The lowest BCUT2D eigenvalue weighted by Crippen LogP contribution is -2.07. The van der Waals surface area contributed by atoms with Gasteiger partial charge in [0.15, 0.2) is 5.82 Å². The number of aromatic nitrogens is 2. The van der Waals surface area contributed by atoms with Gasteiger partial charge in [0.1, 0.15) is 12.4 Å². The number of carboxylic acids is 1. The van der Waals surface area contributed by atoms with E-state index in [9.17, 15) is 13.6 Å². The molecule has 8 heteroatoms. The largest absolute Gasteiger partial charge is 0.486 e. The van der Waals surface area contributed by atoms with Crippen molar-refractivity contribution in [1.82, 2.24) is 9.55 Å². The minimum atomic E-state index is -2.71. The molecule has 0 radical (unpaired) electrons. The number of halogens is 3. The number of rotatable bonds is 5. The lowest BCUT2D eigenvalue weighted by molar-refractivity contribution is 0.0632. The first-order chi connectivity index (χ1) is 9.49. The molecule has 106 valence electrons. The highest BCUT2D eigenvalue weighted by Gasteiger charge is 2.13. The fourth-order valence-corrected chi connectivity index (χ4v) is 1.74. The van der Waals surface area contributed by atoms with E-state index in [4.69, 9.17) is 21.4 Å². The predicted octanol–water partition coefficient (Wildman–Crippen LogP) is 3.21. The molecule has 1 aromatic carbocycles. The van der Waals surface area contributed by atoms with Gasteiger partial charge >= 0.3 is 12.5 Å². The van der Waals surface area contributed by atoms with Crippen LogP contribution < -0.4 is 4.74 Å². The molecular formula is C12H9ClF2N2O3. The third-order valence-corrected chi connectivity index (χ3v) is 2.82. The molecular weight excluding hydrogens is 294 g/mol. The van der Waals surface area contributed by atoms with Crippen LogP contribution in [0.2, 0.25) is 5.02 Å². The average Bonchev–Trinajstić information content (AvgIpc) is 2.86. The van der Waals surface area contributed by atoms with Gasteiger partial charge < -0.3 is 9.84 Å². The molecule has 0 fully saturated rings. The molecule has 2 aromatic rings. The van der Waals surface area contributed by atoms with E-state index in [1.54, 1.807) is 0 Å². The van der Waals surface area contributed by atoms with E-state index in [0.29, 0.717) is 4.57 Å². The SMILES string of the molecule is O=C(O)c1cc(OCc2nccn2C(F)F)ccc1Cl. The molecule has 5 nitrogen and oxygen atoms in total. The molecule has 1 heterocycles. The van der Waals surface area contributed by atoms with Gasteiger partial charge in [-0.15, -0.1) is 0 Å². The number of ether oxygens (including phenoxy) is 1. The zero-order valence-corrected chi connectivity index (χ0v) is 10.7. The zero-order valence-electron chi connectivity index (χ0n) is 9.96. The average molecular weight is 303 g/mol. The molecule has 0 aliphatic carbocycles. The number of hydrogen-bond donors (Lipinski definition) is 1. The van der Waals surface area contributed by atoms with E-state index in [-0.39, 0.29) is 28.8 Å². The third-order valence-electron chi connectivity index (χ3n) is 2.50. The van der Waals surface area contributed by atoms with Crippen LogP contribution in [0, 0.1) is 0 Å². The molecule has 0 atom stereocenters. The van der Waals surface area contributed by atoms with Crippen molar-refractivity contribution in [3.8, 4) is 5.75 Å². The maximum Gasteiger partial charge on any atom is 0.337 e. The van der Waals surface area contributed by atoms with Gasteiger partial charge in [0.2, 0.25) is 0 Å². The van der Waals surface area contributed by atoms with Crippen molar-refractivity contribution in [3.05, 3.63) is 47.0 Å². The standard InChI is InChI=1S/C12H9ClF2N2O3/c13-9-2-1-7(5-8(9)11(18)19)20-6-10-16-3-4-17(10)12(14)15/h1-5,12H,6H2,(H,18,19). The molecule has 2 rings (SSSR count). The third kappa shape index (κ3) is 3.05. The number of alkyl halides is 2. The molecule has 0 aliphatic rings. The fourth-order valence-electron chi connectivity index (χ4n) is 1.54. The summed E-state index contributed by atoms with van der Waals surface area (Å²) in [6, 6.07) is 4.03. The molecule has 0 spiro atoms. The van der Waals surface area contributed by atoms with Crippen molar-refractivity contribution in [2.75, 3.05) is 0 Å². The number of carboxylic acid groups (broad SMARTS) is 1. The van der Waals surface area contributed by atoms with Crippen molar-refractivity contribution >= 4 is 17.6 Å². The zero-order chi connectivity index (χ0) is 14.7. The first-order valence-corrected chi connectivity index (χ1v) is 5.82. The van der Waals surface area contributed by atoms with Gasteiger partial charge in [0.25, 0.3) is 0 Å². The van der Waals surface area contributed by atoms with Crippen LogP contribution in [0.1, 0.15) is 22.7 Å². The Morgan fingerprint density at radius 3 is 2.90 bits per heavy atom. The number of imidazole rings is 1. The van der Waals surface area contributed by atoms with E-state index < -0.39 is 12.5 Å². The van der Waals surface area contributed by atoms with Gasteiger partial charge in [-0.2, -0.15) is 8.78 Å². The first-order valence-electron chi connectivity index (χ1n) is 5.44. The summed E-state index contributed by atoms with van der Waals surface area (Å²) < 4.78 is 31.1. The summed E-state index contributed by atoms with van der Waals surface area (Å²) in [5, 5.41) is 8.97. The van der Waals surface area contributed by atoms with Crippen LogP contribution in [0.3, 0.4) is 0 Å². The molecule has 0 saturated carbocycles. The summed E-state index contributed by atoms with van der Waals surface area (Å²) in [6.07, 6.45) is 2.36. The van der Waals surface area contributed by atoms with E-state index in [2.05, 4.69) is 4.98 Å². The summed E-state index contributed by atoms with van der Waals surface area (Å²) in [5.41, 5.74) is -0.124. The fraction of sp³-hybridized carbons (Fsp3) is 0.167. The topological polar surface area (TPSA) is 64.3 Å². The number of nitrogens with zero attached hydrogens (tertiary/aromatic N) is 2. The van der Waals surface area contributed by atoms with Gasteiger partial charge in [0, 0.05) is 12.4 Å². The molecule has 0 amide bonds. The number of carbonyl (C=O) groups is 1. The van der Waals surface area contributed by atoms with Gasteiger partial charge in [0.05, 0.1) is 10.6 Å². The van der Waals surface area contributed by atoms with Crippen LogP contribution >= 0.6 is 11.6 Å². The van der Waals surface area contributed by atoms with E-state index in [1.165, 1.54) is 24.4 Å². The van der Waals surface area contributed by atoms with Crippen LogP contribution in [0.25, 0.3) is 0 Å². The van der Waals surface area contributed by atoms with Crippen LogP contribution in [0.15, 0.2) is 30.6 Å². The predicted molar refractivity (Wildman–Crippen MR) is 66.2 cm³/mol. The molecule has 20 heavy (non-hydrogen) atoms. The molecule has 0 saturated heterocycles. The van der Waals surface area contributed by atoms with E-state index >= 15 is 0 Å². The highest BCUT2D eigenvalue weighted by Crippen LogP contribution is 2.23. The Morgan fingerprint density at radius 1 is 1.50 bits per heavy atom. The molecule has 0 aliphatic heterocycles. The second-order valence-corrected chi connectivity index (χ2v) is 4.17. The van der Waals surface area contributed by atoms with Crippen molar-refractivity contribution in [2.24, 2.45) is 0 Å². The Labute approximate surface area is 117 Å². The van der Waals surface area contributed by atoms with Crippen LogP contribution in [0.5, 0.6) is 5.75 Å². The van der Waals surface area contributed by atoms with Crippen molar-refractivity contribution in [2.45, 2.75) is 13.2 Å². The van der Waals surface area contributed by atoms with Crippen molar-refractivity contribution < 1.29 is 23.4 Å². The molecule has 1 N–H and O–H groups in total. The summed E-state index contributed by atoms with van der Waals surface area (Å²) >= 11 is 5.71. The monoisotopic (exact) mass is 302 g/mol. The maximum atomic E-state index is 12.6. The quantitative estimate of drug-likeness (QED) is 0.921. The second-order valence-electron chi connectivity index (χ2n) is 3.76. The summed E-state index contributed by atoms with van der Waals surface area (Å²) in [4.78, 5) is 14.6. The smallest absolute Gasteiger partial charge is 0.337 e. The minimum absolute atomic E-state index is 0.0341. The van der Waals surface area contributed by atoms with Crippen LogP contribution in [-0.2, 0) is 6.61 Å². The first kappa shape index (κ1) is 14.3. The van der Waals surface area contributed by atoms with Gasteiger partial charge in [-0.05, 0) is 18.2 Å². The lowest BCUT2D eigenvalue weighted by atomic mass is 10.2. The summed E-state index contributed by atoms with van der Waals surface area (Å²) in [5.74, 6) is -0.961. The highest BCUT2D eigenvalue weighted by molar-refractivity contribution is 6.33. The second kappa shape index (κ2) is 5.87. The molecule has 0 bridgehead atoms. The highest BCUT2D eigenvalue weighted by atomic mass is 35.5. The van der Waals surface area contributed by atoms with Gasteiger partial charge in [-0.1, -0.05) is 11.6 Å². The van der Waals surface area contributed by atoms with E-state index in [1.807, 2.05) is 0 Å². The summed E-state index contributed by atoms with van der Waals surface area (Å²) in [7, 11) is 0. The van der Waals surface area contributed by atoms with Crippen LogP contribution in [-0.4, -0.2) is 20.6 Å². The van der Waals surface area contributed by atoms with Crippen LogP contribution in [0.4, 0.5) is 8.78 Å². The molecule has 0 unspecified atom stereocenters. The summed E-state index contributed by atoms with van der Waals surface area (Å²) in [6.45, 7) is -2.92.